The van der Waals surface area contributed by atoms with Crippen LogP contribution < -0.4 is 0 Å². The van der Waals surface area contributed by atoms with E-state index in [1.165, 1.54) is 5.56 Å². The van der Waals surface area contributed by atoms with E-state index >= 15 is 0 Å². The molecule has 0 radical (unpaired) electrons. The average molecular weight is 324 g/mol. The van der Waals surface area contributed by atoms with E-state index in [1.807, 2.05) is 6.07 Å². The predicted molar refractivity (Wildman–Crippen MR) is 63.1 cm³/mol. The van der Waals surface area contributed by atoms with Gasteiger partial charge in [-0.3, -0.25) is 0 Å². The minimum atomic E-state index is -2.15. The first-order valence-corrected chi connectivity index (χ1v) is 15.0. The standard InChI is InChI=1S/C10H13.2ClH.Sn.H/c1-10(2,3)9-7-5-4-6-8-9;;;;/h4-8H,1H2,2-3H3;2*1H;;/q;;;+2;/p-2. The third-order valence-corrected chi connectivity index (χ3v) is 8.08. The topological polar surface area (TPSA) is 0 Å². The second kappa shape index (κ2) is 4.90. The van der Waals surface area contributed by atoms with Gasteiger partial charge in [0.25, 0.3) is 0 Å². The molecule has 0 aliphatic heterocycles. The molecule has 0 unspecified atom stereocenters. The van der Waals surface area contributed by atoms with Gasteiger partial charge in [-0.1, -0.05) is 0 Å². The van der Waals surface area contributed by atoms with Crippen LogP contribution in [0.1, 0.15) is 19.4 Å². The van der Waals surface area contributed by atoms with Gasteiger partial charge in [-0.25, -0.2) is 0 Å². The molecule has 0 saturated heterocycles. The van der Waals surface area contributed by atoms with E-state index in [1.54, 1.807) is 0 Å². The Labute approximate surface area is 94.4 Å². The van der Waals surface area contributed by atoms with E-state index < -0.39 is 17.5 Å². The third kappa shape index (κ3) is 3.68. The van der Waals surface area contributed by atoms with Gasteiger partial charge in [-0.05, 0) is 0 Å². The summed E-state index contributed by atoms with van der Waals surface area (Å²) in [6.45, 7) is 4.41. The summed E-state index contributed by atoms with van der Waals surface area (Å²) in [6, 6.07) is 10.4. The summed E-state index contributed by atoms with van der Waals surface area (Å²) in [5.41, 5.74) is 1.48. The van der Waals surface area contributed by atoms with Crippen LogP contribution in [0.15, 0.2) is 30.3 Å². The molecular formula is C10H14Cl2Sn. The van der Waals surface area contributed by atoms with Crippen molar-refractivity contribution in [1.82, 2.24) is 0 Å². The molecule has 72 valence electrons. The first kappa shape index (κ1) is 11.7. The summed E-state index contributed by atoms with van der Waals surface area (Å²) < 4.78 is 0.988. The van der Waals surface area contributed by atoms with Crippen LogP contribution >= 0.6 is 17.8 Å². The van der Waals surface area contributed by atoms with Crippen LogP contribution in [-0.2, 0) is 5.41 Å². The third-order valence-electron chi connectivity index (χ3n) is 2.22. The first-order chi connectivity index (χ1) is 6.02. The summed E-state index contributed by atoms with van der Waals surface area (Å²) in [5, 5.41) is 0. The molecule has 3 heteroatoms. The van der Waals surface area contributed by atoms with Crippen LogP contribution in [0.5, 0.6) is 0 Å². The van der Waals surface area contributed by atoms with Crippen molar-refractivity contribution >= 4 is 35.3 Å². The molecule has 0 amide bonds. The maximum atomic E-state index is 5.99. The molecule has 0 nitrogen and oxygen atoms in total. The summed E-state index contributed by atoms with van der Waals surface area (Å²) >= 11 is -2.15. The summed E-state index contributed by atoms with van der Waals surface area (Å²) in [5.74, 6) is 0. The molecule has 0 spiro atoms. The van der Waals surface area contributed by atoms with Crippen LogP contribution in [0.4, 0.5) is 0 Å². The van der Waals surface area contributed by atoms with E-state index in [2.05, 4.69) is 38.1 Å². The molecule has 0 aliphatic rings. The molecule has 0 heterocycles. The van der Waals surface area contributed by atoms with Crippen LogP contribution in [0.2, 0.25) is 4.44 Å². The molecule has 0 N–H and O–H groups in total. The monoisotopic (exact) mass is 324 g/mol. The van der Waals surface area contributed by atoms with Gasteiger partial charge in [0.1, 0.15) is 0 Å². The zero-order valence-corrected chi connectivity index (χ0v) is 12.7. The molecule has 0 saturated carbocycles. The van der Waals surface area contributed by atoms with Gasteiger partial charge in [-0.15, -0.1) is 0 Å². The summed E-state index contributed by atoms with van der Waals surface area (Å²) in [6.07, 6.45) is 0. The molecule has 1 rings (SSSR count). The molecule has 0 atom stereocenters. The Hall–Kier alpha value is 0.599. The van der Waals surface area contributed by atoms with E-state index in [4.69, 9.17) is 17.8 Å². The van der Waals surface area contributed by atoms with Crippen molar-refractivity contribution in [2.75, 3.05) is 0 Å². The zero-order chi connectivity index (χ0) is 9.90. The number of hydrogen-bond donors (Lipinski definition) is 0. The van der Waals surface area contributed by atoms with Crippen molar-refractivity contribution in [1.29, 1.82) is 0 Å². The number of hydrogen-bond acceptors (Lipinski definition) is 0. The molecule has 0 aromatic heterocycles. The van der Waals surface area contributed by atoms with Gasteiger partial charge in [-0.2, -0.15) is 0 Å². The summed E-state index contributed by atoms with van der Waals surface area (Å²) in [7, 11) is 12.0. The Balaban J connectivity index is 2.81. The van der Waals surface area contributed by atoms with Crippen LogP contribution in [0.25, 0.3) is 0 Å². The molecule has 0 fully saturated rings. The Bertz CT molecular complexity index is 257. The normalized spacial score (nSPS) is 12.1. The molecule has 0 bridgehead atoms. The predicted octanol–water partition coefficient (Wildman–Crippen LogP) is 3.66. The first-order valence-electron chi connectivity index (χ1n) is 4.36. The van der Waals surface area contributed by atoms with Gasteiger partial charge in [0.15, 0.2) is 0 Å². The fourth-order valence-corrected chi connectivity index (χ4v) is 9.44. The summed E-state index contributed by atoms with van der Waals surface area (Å²) in [4.78, 5) is 0. The molecule has 0 aliphatic carbocycles. The van der Waals surface area contributed by atoms with E-state index in [-0.39, 0.29) is 5.41 Å². The van der Waals surface area contributed by atoms with Crippen LogP contribution in [0.3, 0.4) is 0 Å². The zero-order valence-electron chi connectivity index (χ0n) is 7.93. The van der Waals surface area contributed by atoms with Gasteiger partial charge in [0, 0.05) is 0 Å². The minimum absolute atomic E-state index is 0.144. The fraction of sp³-hybridized carbons (Fsp3) is 0.400. The Morgan fingerprint density at radius 1 is 1.15 bits per heavy atom. The van der Waals surface area contributed by atoms with Crippen LogP contribution in [0, 0.1) is 0 Å². The SMILES string of the molecule is CC(C)([CH2][SnH]([Cl])[Cl])c1ccccc1. The van der Waals surface area contributed by atoms with Crippen molar-refractivity contribution in [3.63, 3.8) is 0 Å². The van der Waals surface area contributed by atoms with Gasteiger partial charge >= 0.3 is 94.9 Å². The molecule has 13 heavy (non-hydrogen) atoms. The van der Waals surface area contributed by atoms with Crippen molar-refractivity contribution in [2.24, 2.45) is 0 Å². The molecule has 1 aromatic rings. The van der Waals surface area contributed by atoms with E-state index in [9.17, 15) is 0 Å². The second-order valence-electron chi connectivity index (χ2n) is 3.85. The Morgan fingerprint density at radius 2 is 1.69 bits per heavy atom. The van der Waals surface area contributed by atoms with Gasteiger partial charge in [0.05, 0.1) is 0 Å². The number of halogens is 2. The Kier molecular flexibility index (Phi) is 4.40. The molecule has 1 aromatic carbocycles. The van der Waals surface area contributed by atoms with Gasteiger partial charge in [0.2, 0.25) is 0 Å². The van der Waals surface area contributed by atoms with Crippen molar-refractivity contribution in [3.8, 4) is 0 Å². The second-order valence-corrected chi connectivity index (χ2v) is 15.8. The van der Waals surface area contributed by atoms with Crippen molar-refractivity contribution in [3.05, 3.63) is 35.9 Å². The van der Waals surface area contributed by atoms with Crippen molar-refractivity contribution < 1.29 is 0 Å². The van der Waals surface area contributed by atoms with Crippen molar-refractivity contribution in [2.45, 2.75) is 23.7 Å². The van der Waals surface area contributed by atoms with Gasteiger partial charge < -0.3 is 0 Å². The average Bonchev–Trinajstić information content (AvgIpc) is 2.04. The quantitative estimate of drug-likeness (QED) is 0.745. The number of rotatable bonds is 3. The number of benzene rings is 1. The van der Waals surface area contributed by atoms with Crippen LogP contribution in [-0.4, -0.2) is 17.5 Å². The maximum absolute atomic E-state index is 5.99. The fourth-order valence-electron chi connectivity index (χ4n) is 1.39. The van der Waals surface area contributed by atoms with E-state index in [0.717, 1.165) is 4.44 Å². The Morgan fingerprint density at radius 3 is 2.15 bits per heavy atom. The van der Waals surface area contributed by atoms with E-state index in [0.29, 0.717) is 0 Å². The molecular weight excluding hydrogens is 310 g/mol.